The summed E-state index contributed by atoms with van der Waals surface area (Å²) in [6.07, 6.45) is 0. The normalized spacial score (nSPS) is 11.1. The monoisotopic (exact) mass is 374 g/mol. The first kappa shape index (κ1) is 15.2. The maximum Gasteiger partial charge on any atom is 0.258 e. The van der Waals surface area contributed by atoms with E-state index in [-0.39, 0.29) is 5.91 Å². The third-order valence-corrected chi connectivity index (χ3v) is 5.04. The summed E-state index contributed by atoms with van der Waals surface area (Å²) in [6, 6.07) is 13.5. The van der Waals surface area contributed by atoms with Gasteiger partial charge in [0.2, 0.25) is 0 Å². The second-order valence-electron chi connectivity index (χ2n) is 5.30. The predicted octanol–water partition coefficient (Wildman–Crippen LogP) is 5.43. The Morgan fingerprint density at radius 1 is 1.18 bits per heavy atom. The van der Waals surface area contributed by atoms with Gasteiger partial charge in [0.05, 0.1) is 15.8 Å². The SMILES string of the molecule is CC(C)c1cccc2sc(NC(=O)c3ccccc3Br)nc12. The molecular formula is C17H15BrN2OS. The van der Waals surface area contributed by atoms with Crippen LogP contribution in [-0.2, 0) is 0 Å². The molecule has 3 rings (SSSR count). The fraction of sp³-hybridized carbons (Fsp3) is 0.176. The van der Waals surface area contributed by atoms with E-state index in [2.05, 4.69) is 46.1 Å². The molecule has 0 aliphatic heterocycles. The van der Waals surface area contributed by atoms with E-state index in [0.29, 0.717) is 16.6 Å². The lowest BCUT2D eigenvalue weighted by molar-refractivity contribution is 0.102. The van der Waals surface area contributed by atoms with E-state index >= 15 is 0 Å². The van der Waals surface area contributed by atoms with Crippen molar-refractivity contribution in [1.29, 1.82) is 0 Å². The van der Waals surface area contributed by atoms with Gasteiger partial charge in [-0.25, -0.2) is 4.98 Å². The van der Waals surface area contributed by atoms with Crippen molar-refractivity contribution >= 4 is 48.5 Å². The van der Waals surface area contributed by atoms with E-state index < -0.39 is 0 Å². The Kier molecular flexibility index (Phi) is 4.27. The van der Waals surface area contributed by atoms with Crippen LogP contribution in [0.4, 0.5) is 5.13 Å². The second-order valence-corrected chi connectivity index (χ2v) is 7.19. The van der Waals surface area contributed by atoms with E-state index in [1.807, 2.05) is 30.3 Å². The van der Waals surface area contributed by atoms with Crippen molar-refractivity contribution in [3.8, 4) is 0 Å². The molecule has 0 radical (unpaired) electrons. The molecular weight excluding hydrogens is 360 g/mol. The number of nitrogens with one attached hydrogen (secondary N) is 1. The van der Waals surface area contributed by atoms with Crippen LogP contribution in [0.25, 0.3) is 10.2 Å². The number of amides is 1. The molecule has 0 spiro atoms. The molecule has 0 bridgehead atoms. The minimum atomic E-state index is -0.155. The Balaban J connectivity index is 1.93. The van der Waals surface area contributed by atoms with E-state index in [9.17, 15) is 4.79 Å². The highest BCUT2D eigenvalue weighted by Gasteiger charge is 2.14. The highest BCUT2D eigenvalue weighted by molar-refractivity contribution is 9.10. The Morgan fingerprint density at radius 3 is 2.68 bits per heavy atom. The summed E-state index contributed by atoms with van der Waals surface area (Å²) in [7, 11) is 0. The van der Waals surface area contributed by atoms with Crippen molar-refractivity contribution in [3.05, 3.63) is 58.1 Å². The molecule has 0 atom stereocenters. The summed E-state index contributed by atoms with van der Waals surface area (Å²) >= 11 is 4.90. The van der Waals surface area contributed by atoms with Crippen molar-refractivity contribution in [2.24, 2.45) is 0 Å². The quantitative estimate of drug-likeness (QED) is 0.663. The van der Waals surface area contributed by atoms with Crippen LogP contribution in [0.5, 0.6) is 0 Å². The van der Waals surface area contributed by atoms with Gasteiger partial charge in [0, 0.05) is 4.47 Å². The van der Waals surface area contributed by atoms with Crippen LogP contribution in [0.15, 0.2) is 46.9 Å². The van der Waals surface area contributed by atoms with Crippen LogP contribution in [0.3, 0.4) is 0 Å². The molecule has 1 heterocycles. The average molecular weight is 375 g/mol. The van der Waals surface area contributed by atoms with Gasteiger partial charge < -0.3 is 0 Å². The van der Waals surface area contributed by atoms with Crippen LogP contribution in [0.2, 0.25) is 0 Å². The second kappa shape index (κ2) is 6.18. The standard InChI is InChI=1S/C17H15BrN2OS/c1-10(2)11-7-5-9-14-15(11)19-17(22-14)20-16(21)12-6-3-4-8-13(12)18/h3-10H,1-2H3,(H,19,20,21). The van der Waals surface area contributed by atoms with Gasteiger partial charge in [0.1, 0.15) is 0 Å². The molecule has 5 heteroatoms. The molecule has 0 saturated heterocycles. The van der Waals surface area contributed by atoms with Crippen LogP contribution in [-0.4, -0.2) is 10.9 Å². The van der Waals surface area contributed by atoms with Gasteiger partial charge in [0.15, 0.2) is 5.13 Å². The van der Waals surface area contributed by atoms with Crippen LogP contribution < -0.4 is 5.32 Å². The molecule has 0 saturated carbocycles. The molecule has 22 heavy (non-hydrogen) atoms. The summed E-state index contributed by atoms with van der Waals surface area (Å²) in [4.78, 5) is 17.0. The number of halogens is 1. The van der Waals surface area contributed by atoms with Crippen molar-refractivity contribution in [3.63, 3.8) is 0 Å². The highest BCUT2D eigenvalue weighted by atomic mass is 79.9. The molecule has 112 valence electrons. The molecule has 1 amide bonds. The van der Waals surface area contributed by atoms with Crippen molar-refractivity contribution in [1.82, 2.24) is 4.98 Å². The number of nitrogens with zero attached hydrogens (tertiary/aromatic N) is 1. The summed E-state index contributed by atoms with van der Waals surface area (Å²) in [6.45, 7) is 4.29. The molecule has 3 aromatic rings. The molecule has 1 aromatic heterocycles. The maximum atomic E-state index is 12.4. The van der Waals surface area contributed by atoms with Gasteiger partial charge in [-0.05, 0) is 45.6 Å². The van der Waals surface area contributed by atoms with E-state index in [1.54, 1.807) is 6.07 Å². The number of hydrogen-bond acceptors (Lipinski definition) is 3. The fourth-order valence-corrected chi connectivity index (χ4v) is 3.66. The molecule has 2 aromatic carbocycles. The molecule has 0 fully saturated rings. The molecule has 0 aliphatic rings. The topological polar surface area (TPSA) is 42.0 Å². The summed E-state index contributed by atoms with van der Waals surface area (Å²) in [5.41, 5.74) is 2.78. The van der Waals surface area contributed by atoms with Crippen LogP contribution in [0, 0.1) is 0 Å². The maximum absolute atomic E-state index is 12.4. The molecule has 1 N–H and O–H groups in total. The lowest BCUT2D eigenvalue weighted by atomic mass is 10.0. The zero-order valence-corrected chi connectivity index (χ0v) is 14.7. The summed E-state index contributed by atoms with van der Waals surface area (Å²) < 4.78 is 1.87. The minimum Gasteiger partial charge on any atom is -0.298 e. The van der Waals surface area contributed by atoms with Crippen LogP contribution in [0.1, 0.15) is 35.7 Å². The Bertz CT molecular complexity index is 842. The van der Waals surface area contributed by atoms with Gasteiger partial charge in [-0.1, -0.05) is 49.4 Å². The van der Waals surface area contributed by atoms with E-state index in [4.69, 9.17) is 0 Å². The number of aromatic nitrogens is 1. The number of anilines is 1. The van der Waals surface area contributed by atoms with Gasteiger partial charge >= 0.3 is 0 Å². The average Bonchev–Trinajstić information content (AvgIpc) is 2.89. The first-order chi connectivity index (χ1) is 10.6. The number of fused-ring (bicyclic) bond motifs is 1. The Hall–Kier alpha value is -1.72. The third kappa shape index (κ3) is 2.91. The lowest BCUT2D eigenvalue weighted by Gasteiger charge is -2.05. The van der Waals surface area contributed by atoms with Gasteiger partial charge in [-0.15, -0.1) is 0 Å². The van der Waals surface area contributed by atoms with Crippen molar-refractivity contribution < 1.29 is 4.79 Å². The number of para-hydroxylation sites is 1. The Morgan fingerprint density at radius 2 is 1.95 bits per heavy atom. The number of benzene rings is 2. The lowest BCUT2D eigenvalue weighted by Crippen LogP contribution is -2.12. The first-order valence-electron chi connectivity index (χ1n) is 7.01. The molecule has 3 nitrogen and oxygen atoms in total. The summed E-state index contributed by atoms with van der Waals surface area (Å²) in [5.74, 6) is 0.246. The number of carbonyl (C=O) groups is 1. The van der Waals surface area contributed by atoms with Gasteiger partial charge in [-0.2, -0.15) is 0 Å². The number of hydrogen-bond donors (Lipinski definition) is 1. The van der Waals surface area contributed by atoms with E-state index in [0.717, 1.165) is 14.7 Å². The smallest absolute Gasteiger partial charge is 0.258 e. The number of rotatable bonds is 3. The fourth-order valence-electron chi connectivity index (χ4n) is 2.30. The largest absolute Gasteiger partial charge is 0.298 e. The van der Waals surface area contributed by atoms with Gasteiger partial charge in [-0.3, -0.25) is 10.1 Å². The highest BCUT2D eigenvalue weighted by Crippen LogP contribution is 2.32. The molecule has 0 aliphatic carbocycles. The first-order valence-corrected chi connectivity index (χ1v) is 8.62. The minimum absolute atomic E-state index is 0.155. The number of thiazole rings is 1. The third-order valence-electron chi connectivity index (χ3n) is 3.41. The van der Waals surface area contributed by atoms with Crippen LogP contribution >= 0.6 is 27.3 Å². The zero-order chi connectivity index (χ0) is 15.7. The van der Waals surface area contributed by atoms with Gasteiger partial charge in [0.25, 0.3) is 5.91 Å². The zero-order valence-electron chi connectivity index (χ0n) is 12.3. The Labute approximate surface area is 141 Å². The summed E-state index contributed by atoms with van der Waals surface area (Å²) in [5, 5.41) is 3.52. The molecule has 0 unspecified atom stereocenters. The van der Waals surface area contributed by atoms with Crippen molar-refractivity contribution in [2.45, 2.75) is 19.8 Å². The predicted molar refractivity (Wildman–Crippen MR) is 95.8 cm³/mol. The number of carbonyl (C=O) groups excluding carboxylic acids is 1. The van der Waals surface area contributed by atoms with Crippen molar-refractivity contribution in [2.75, 3.05) is 5.32 Å². The van der Waals surface area contributed by atoms with E-state index in [1.165, 1.54) is 16.9 Å².